The van der Waals surface area contributed by atoms with E-state index in [2.05, 4.69) is 20.7 Å². The lowest BCUT2D eigenvalue weighted by atomic mass is 10.1. The SMILES string of the molecule is CC1CCCC1NS(=O)(=O)c1cc(Br)c(Cl)c(C(=O)O)c1. The van der Waals surface area contributed by atoms with E-state index in [1.54, 1.807) is 0 Å². The number of nitrogens with one attached hydrogen (secondary N) is 1. The molecule has 2 rings (SSSR count). The summed E-state index contributed by atoms with van der Waals surface area (Å²) < 4.78 is 27.7. The van der Waals surface area contributed by atoms with Crippen molar-refractivity contribution >= 4 is 43.5 Å². The zero-order chi connectivity index (χ0) is 15.8. The van der Waals surface area contributed by atoms with Crippen molar-refractivity contribution in [3.63, 3.8) is 0 Å². The molecule has 1 saturated carbocycles. The topological polar surface area (TPSA) is 83.5 Å². The van der Waals surface area contributed by atoms with E-state index in [4.69, 9.17) is 16.7 Å². The van der Waals surface area contributed by atoms with E-state index in [0.717, 1.165) is 25.3 Å². The minimum Gasteiger partial charge on any atom is -0.478 e. The minimum atomic E-state index is -3.77. The Morgan fingerprint density at radius 3 is 2.62 bits per heavy atom. The molecule has 0 saturated heterocycles. The first-order valence-electron chi connectivity index (χ1n) is 6.47. The second kappa shape index (κ2) is 6.24. The maximum Gasteiger partial charge on any atom is 0.337 e. The molecule has 116 valence electrons. The van der Waals surface area contributed by atoms with Crippen molar-refractivity contribution < 1.29 is 18.3 Å². The normalized spacial score (nSPS) is 22.4. The maximum absolute atomic E-state index is 12.4. The lowest BCUT2D eigenvalue weighted by molar-refractivity contribution is 0.0696. The van der Waals surface area contributed by atoms with Gasteiger partial charge in [-0.25, -0.2) is 17.9 Å². The molecule has 1 aromatic carbocycles. The van der Waals surface area contributed by atoms with Crippen molar-refractivity contribution in [1.82, 2.24) is 4.72 Å². The third kappa shape index (κ3) is 3.59. The van der Waals surface area contributed by atoms with E-state index in [0.29, 0.717) is 0 Å². The van der Waals surface area contributed by atoms with Crippen molar-refractivity contribution in [2.24, 2.45) is 5.92 Å². The van der Waals surface area contributed by atoms with Gasteiger partial charge < -0.3 is 5.11 Å². The van der Waals surface area contributed by atoms with Gasteiger partial charge in [0.15, 0.2) is 0 Å². The maximum atomic E-state index is 12.4. The summed E-state index contributed by atoms with van der Waals surface area (Å²) >= 11 is 8.96. The molecule has 0 aliphatic heterocycles. The van der Waals surface area contributed by atoms with Gasteiger partial charge in [-0.3, -0.25) is 0 Å². The summed E-state index contributed by atoms with van der Waals surface area (Å²) in [5.74, 6) is -0.999. The van der Waals surface area contributed by atoms with Crippen LogP contribution in [0.3, 0.4) is 0 Å². The molecule has 21 heavy (non-hydrogen) atoms. The van der Waals surface area contributed by atoms with Crippen LogP contribution < -0.4 is 4.72 Å². The summed E-state index contributed by atoms with van der Waals surface area (Å²) in [7, 11) is -3.77. The smallest absolute Gasteiger partial charge is 0.337 e. The fourth-order valence-corrected chi connectivity index (χ4v) is 4.70. The van der Waals surface area contributed by atoms with Crippen LogP contribution in [0.15, 0.2) is 21.5 Å². The second-order valence-electron chi connectivity index (χ2n) is 5.21. The number of halogens is 2. The molecular formula is C13H15BrClNO4S. The number of sulfonamides is 1. The number of aromatic carboxylic acids is 1. The van der Waals surface area contributed by atoms with E-state index in [1.807, 2.05) is 6.92 Å². The zero-order valence-electron chi connectivity index (χ0n) is 11.3. The molecule has 2 N–H and O–H groups in total. The summed E-state index contributed by atoms with van der Waals surface area (Å²) in [6, 6.07) is 2.28. The second-order valence-corrected chi connectivity index (χ2v) is 8.15. The molecule has 2 atom stereocenters. The van der Waals surface area contributed by atoms with Gasteiger partial charge in [0.2, 0.25) is 10.0 Å². The third-order valence-electron chi connectivity index (χ3n) is 3.71. The van der Waals surface area contributed by atoms with Crippen molar-refractivity contribution in [3.8, 4) is 0 Å². The van der Waals surface area contributed by atoms with Gasteiger partial charge in [-0.05, 0) is 46.8 Å². The van der Waals surface area contributed by atoms with Crippen LogP contribution in [0.25, 0.3) is 0 Å². The van der Waals surface area contributed by atoms with Crippen LogP contribution in [-0.2, 0) is 10.0 Å². The standard InChI is InChI=1S/C13H15BrClNO4S/c1-7-3-2-4-11(7)16-21(19,20)8-5-9(13(17)18)12(15)10(14)6-8/h5-7,11,16H,2-4H2,1H3,(H,17,18). The van der Waals surface area contributed by atoms with Crippen molar-refractivity contribution in [3.05, 3.63) is 27.2 Å². The summed E-state index contributed by atoms with van der Waals surface area (Å²) in [4.78, 5) is 11.0. The van der Waals surface area contributed by atoms with E-state index < -0.39 is 16.0 Å². The molecule has 0 aromatic heterocycles. The molecule has 5 nitrogen and oxygen atoms in total. The average Bonchev–Trinajstić information content (AvgIpc) is 2.77. The molecule has 1 fully saturated rings. The largest absolute Gasteiger partial charge is 0.478 e. The first-order valence-corrected chi connectivity index (χ1v) is 9.12. The summed E-state index contributed by atoms with van der Waals surface area (Å²) in [5.41, 5.74) is -0.245. The number of hydrogen-bond donors (Lipinski definition) is 2. The van der Waals surface area contributed by atoms with Crippen LogP contribution in [0.2, 0.25) is 5.02 Å². The lowest BCUT2D eigenvalue weighted by Crippen LogP contribution is -2.36. The van der Waals surface area contributed by atoms with Gasteiger partial charge in [-0.1, -0.05) is 24.9 Å². The van der Waals surface area contributed by atoms with Crippen LogP contribution in [0, 0.1) is 5.92 Å². The van der Waals surface area contributed by atoms with Crippen LogP contribution in [0.1, 0.15) is 36.5 Å². The van der Waals surface area contributed by atoms with Crippen molar-refractivity contribution in [2.75, 3.05) is 0 Å². The molecule has 0 bridgehead atoms. The van der Waals surface area contributed by atoms with Crippen LogP contribution in [-0.4, -0.2) is 25.5 Å². The lowest BCUT2D eigenvalue weighted by Gasteiger charge is -2.18. The predicted molar refractivity (Wildman–Crippen MR) is 83.2 cm³/mol. The fourth-order valence-electron chi connectivity index (χ4n) is 2.46. The Bertz CT molecular complexity index is 677. The third-order valence-corrected chi connectivity index (χ3v) is 6.44. The first kappa shape index (κ1) is 16.7. The highest BCUT2D eigenvalue weighted by atomic mass is 79.9. The molecule has 0 amide bonds. The Morgan fingerprint density at radius 2 is 2.10 bits per heavy atom. The number of carbonyl (C=O) groups is 1. The van der Waals surface area contributed by atoms with E-state index >= 15 is 0 Å². The zero-order valence-corrected chi connectivity index (χ0v) is 14.4. The quantitative estimate of drug-likeness (QED) is 0.818. The highest BCUT2D eigenvalue weighted by Crippen LogP contribution is 2.31. The van der Waals surface area contributed by atoms with Gasteiger partial charge in [0.25, 0.3) is 0 Å². The Hall–Kier alpha value is -0.630. The van der Waals surface area contributed by atoms with Crippen LogP contribution in [0.5, 0.6) is 0 Å². The van der Waals surface area contributed by atoms with Gasteiger partial charge >= 0.3 is 5.97 Å². The fraction of sp³-hybridized carbons (Fsp3) is 0.462. The molecule has 1 aliphatic carbocycles. The number of rotatable bonds is 4. The summed E-state index contributed by atoms with van der Waals surface area (Å²) in [5, 5.41) is 9.07. The summed E-state index contributed by atoms with van der Waals surface area (Å²) in [6.07, 6.45) is 2.76. The van der Waals surface area contributed by atoms with Crippen LogP contribution >= 0.6 is 27.5 Å². The molecular weight excluding hydrogens is 382 g/mol. The Labute approximate surface area is 136 Å². The van der Waals surface area contributed by atoms with Crippen molar-refractivity contribution in [1.29, 1.82) is 0 Å². The monoisotopic (exact) mass is 395 g/mol. The summed E-state index contributed by atoms with van der Waals surface area (Å²) in [6.45, 7) is 2.00. The molecule has 8 heteroatoms. The van der Waals surface area contributed by atoms with Gasteiger partial charge in [0, 0.05) is 10.5 Å². The minimum absolute atomic E-state index is 0.0179. The Morgan fingerprint density at radius 1 is 1.43 bits per heavy atom. The number of carboxylic acid groups (broad SMARTS) is 1. The highest BCUT2D eigenvalue weighted by Gasteiger charge is 2.29. The van der Waals surface area contributed by atoms with E-state index in [1.165, 1.54) is 6.07 Å². The average molecular weight is 397 g/mol. The first-order chi connectivity index (χ1) is 9.72. The van der Waals surface area contributed by atoms with Crippen LogP contribution in [0.4, 0.5) is 0 Å². The number of hydrogen-bond acceptors (Lipinski definition) is 3. The van der Waals surface area contributed by atoms with Crippen molar-refractivity contribution in [2.45, 2.75) is 37.1 Å². The molecule has 0 spiro atoms. The highest BCUT2D eigenvalue weighted by molar-refractivity contribution is 9.10. The van der Waals surface area contributed by atoms with Gasteiger partial charge in [0.05, 0.1) is 15.5 Å². The molecule has 1 aliphatic rings. The van der Waals surface area contributed by atoms with E-state index in [-0.39, 0.29) is 31.9 Å². The molecule has 0 heterocycles. The molecule has 0 radical (unpaired) electrons. The Kier molecular flexibility index (Phi) is 4.97. The molecule has 1 aromatic rings. The molecule has 2 unspecified atom stereocenters. The predicted octanol–water partition coefficient (Wildman–Crippen LogP) is 3.27. The van der Waals surface area contributed by atoms with Gasteiger partial charge in [-0.2, -0.15) is 0 Å². The number of carboxylic acids is 1. The van der Waals surface area contributed by atoms with Gasteiger partial charge in [0.1, 0.15) is 0 Å². The van der Waals surface area contributed by atoms with Gasteiger partial charge in [-0.15, -0.1) is 0 Å². The number of benzene rings is 1. The van der Waals surface area contributed by atoms with E-state index in [9.17, 15) is 13.2 Å². The Balaban J connectivity index is 2.38.